The SMILES string of the molecule is COCCN(CCO)c1cncc2nnnn12. The normalized spacial score (nSPS) is 10.9. The third-order valence-electron chi connectivity index (χ3n) is 2.35. The van der Waals surface area contributed by atoms with Gasteiger partial charge in [-0.3, -0.25) is 4.98 Å². The molecule has 0 aliphatic heterocycles. The summed E-state index contributed by atoms with van der Waals surface area (Å²) in [5, 5.41) is 20.3. The molecular formula is C9H14N6O2. The maximum atomic E-state index is 9.06. The van der Waals surface area contributed by atoms with E-state index in [-0.39, 0.29) is 6.61 Å². The second kappa shape index (κ2) is 5.51. The molecular weight excluding hydrogens is 224 g/mol. The smallest absolute Gasteiger partial charge is 0.199 e. The van der Waals surface area contributed by atoms with Crippen LogP contribution in [0.1, 0.15) is 0 Å². The molecule has 0 fully saturated rings. The number of fused-ring (bicyclic) bond motifs is 1. The van der Waals surface area contributed by atoms with Crippen LogP contribution in [-0.2, 0) is 4.74 Å². The molecule has 0 aromatic carbocycles. The van der Waals surface area contributed by atoms with Crippen molar-refractivity contribution in [2.45, 2.75) is 0 Å². The number of ether oxygens (including phenoxy) is 1. The van der Waals surface area contributed by atoms with Gasteiger partial charge in [-0.15, -0.1) is 5.10 Å². The molecule has 2 aromatic heterocycles. The Balaban J connectivity index is 2.30. The Hall–Kier alpha value is -1.80. The molecule has 0 atom stereocenters. The van der Waals surface area contributed by atoms with E-state index in [1.807, 2.05) is 4.90 Å². The highest BCUT2D eigenvalue weighted by Crippen LogP contribution is 2.12. The standard InChI is InChI=1S/C9H14N6O2/c1-17-5-3-14(2-4-16)9-7-10-6-8-11-12-13-15(8)9/h6-7,16H,2-5H2,1H3. The van der Waals surface area contributed by atoms with E-state index in [0.29, 0.717) is 25.3 Å². The summed E-state index contributed by atoms with van der Waals surface area (Å²) in [5.41, 5.74) is 0.572. The Morgan fingerprint density at radius 1 is 1.41 bits per heavy atom. The number of rotatable bonds is 6. The molecule has 2 heterocycles. The van der Waals surface area contributed by atoms with Crippen molar-refractivity contribution < 1.29 is 9.84 Å². The van der Waals surface area contributed by atoms with E-state index in [9.17, 15) is 0 Å². The Morgan fingerprint density at radius 3 is 3.06 bits per heavy atom. The Morgan fingerprint density at radius 2 is 2.29 bits per heavy atom. The van der Waals surface area contributed by atoms with Crippen LogP contribution in [0.3, 0.4) is 0 Å². The van der Waals surface area contributed by atoms with E-state index < -0.39 is 0 Å². The number of anilines is 1. The number of nitrogens with zero attached hydrogens (tertiary/aromatic N) is 6. The number of methoxy groups -OCH3 is 1. The minimum atomic E-state index is 0.0439. The van der Waals surface area contributed by atoms with Crippen molar-refractivity contribution in [2.75, 3.05) is 38.3 Å². The van der Waals surface area contributed by atoms with Gasteiger partial charge in [0.1, 0.15) is 0 Å². The van der Waals surface area contributed by atoms with Gasteiger partial charge in [-0.2, -0.15) is 4.52 Å². The molecule has 8 nitrogen and oxygen atoms in total. The number of hydrogen-bond acceptors (Lipinski definition) is 7. The molecule has 0 radical (unpaired) electrons. The largest absolute Gasteiger partial charge is 0.395 e. The van der Waals surface area contributed by atoms with Crippen molar-refractivity contribution >= 4 is 11.5 Å². The van der Waals surface area contributed by atoms with Crippen LogP contribution >= 0.6 is 0 Å². The monoisotopic (exact) mass is 238 g/mol. The first-order valence-electron chi connectivity index (χ1n) is 5.23. The van der Waals surface area contributed by atoms with Crippen LogP contribution < -0.4 is 4.90 Å². The van der Waals surface area contributed by atoms with E-state index in [0.717, 1.165) is 5.82 Å². The van der Waals surface area contributed by atoms with Crippen LogP contribution in [0.25, 0.3) is 5.65 Å². The van der Waals surface area contributed by atoms with Gasteiger partial charge in [-0.1, -0.05) is 0 Å². The number of aliphatic hydroxyl groups excluding tert-OH is 1. The second-order valence-electron chi connectivity index (χ2n) is 3.42. The summed E-state index contributed by atoms with van der Waals surface area (Å²) in [6.45, 7) is 1.71. The quantitative estimate of drug-likeness (QED) is 0.687. The van der Waals surface area contributed by atoms with Gasteiger partial charge in [-0.05, 0) is 10.4 Å². The van der Waals surface area contributed by atoms with Crippen molar-refractivity contribution in [3.63, 3.8) is 0 Å². The molecule has 0 saturated carbocycles. The summed E-state index contributed by atoms with van der Waals surface area (Å²) < 4.78 is 6.61. The summed E-state index contributed by atoms with van der Waals surface area (Å²) in [7, 11) is 1.63. The van der Waals surface area contributed by atoms with E-state index in [2.05, 4.69) is 20.5 Å². The van der Waals surface area contributed by atoms with Gasteiger partial charge in [0, 0.05) is 20.2 Å². The van der Waals surface area contributed by atoms with Crippen molar-refractivity contribution in [3.05, 3.63) is 12.4 Å². The van der Waals surface area contributed by atoms with E-state index in [1.165, 1.54) is 0 Å². The highest BCUT2D eigenvalue weighted by atomic mass is 16.5. The fourth-order valence-electron chi connectivity index (χ4n) is 1.54. The number of aromatic nitrogens is 5. The minimum Gasteiger partial charge on any atom is -0.395 e. The molecule has 0 bridgehead atoms. The van der Waals surface area contributed by atoms with Crippen LogP contribution in [0.2, 0.25) is 0 Å². The predicted molar refractivity (Wildman–Crippen MR) is 59.8 cm³/mol. The molecule has 0 spiro atoms. The lowest BCUT2D eigenvalue weighted by Gasteiger charge is -2.22. The molecule has 8 heteroatoms. The summed E-state index contributed by atoms with van der Waals surface area (Å²) in [5.74, 6) is 0.735. The van der Waals surface area contributed by atoms with Gasteiger partial charge < -0.3 is 14.7 Å². The van der Waals surface area contributed by atoms with Crippen LogP contribution in [0.5, 0.6) is 0 Å². The average molecular weight is 238 g/mol. The summed E-state index contributed by atoms with van der Waals surface area (Å²) in [6, 6.07) is 0. The highest BCUT2D eigenvalue weighted by Gasteiger charge is 2.11. The minimum absolute atomic E-state index is 0.0439. The maximum absolute atomic E-state index is 9.06. The van der Waals surface area contributed by atoms with Crippen molar-refractivity contribution in [2.24, 2.45) is 0 Å². The molecule has 0 unspecified atom stereocenters. The van der Waals surface area contributed by atoms with Crippen molar-refractivity contribution in [3.8, 4) is 0 Å². The van der Waals surface area contributed by atoms with Crippen molar-refractivity contribution in [1.29, 1.82) is 0 Å². The summed E-state index contributed by atoms with van der Waals surface area (Å²) in [6.07, 6.45) is 3.24. The lowest BCUT2D eigenvalue weighted by atomic mass is 10.4. The third-order valence-corrected chi connectivity index (χ3v) is 2.35. The average Bonchev–Trinajstić information content (AvgIpc) is 2.82. The first-order valence-corrected chi connectivity index (χ1v) is 5.23. The van der Waals surface area contributed by atoms with E-state index in [4.69, 9.17) is 9.84 Å². The molecule has 2 aromatic rings. The number of tetrazole rings is 1. The van der Waals surface area contributed by atoms with Crippen LogP contribution in [0, 0.1) is 0 Å². The topological polar surface area (TPSA) is 88.7 Å². The van der Waals surface area contributed by atoms with Gasteiger partial charge in [0.2, 0.25) is 0 Å². The van der Waals surface area contributed by atoms with Crippen LogP contribution in [0.15, 0.2) is 12.4 Å². The van der Waals surface area contributed by atoms with E-state index in [1.54, 1.807) is 24.0 Å². The molecule has 1 N–H and O–H groups in total. The number of hydrogen-bond donors (Lipinski definition) is 1. The first kappa shape index (κ1) is 11.7. The summed E-state index contributed by atoms with van der Waals surface area (Å²) >= 11 is 0. The van der Waals surface area contributed by atoms with Gasteiger partial charge in [0.15, 0.2) is 11.5 Å². The predicted octanol–water partition coefficient (Wildman–Crippen LogP) is -1.04. The lowest BCUT2D eigenvalue weighted by Crippen LogP contribution is -2.32. The molecule has 17 heavy (non-hydrogen) atoms. The molecule has 0 aliphatic rings. The van der Waals surface area contributed by atoms with Crippen molar-refractivity contribution in [1.82, 2.24) is 25.0 Å². The van der Waals surface area contributed by atoms with Gasteiger partial charge in [0.25, 0.3) is 0 Å². The Labute approximate surface area is 97.8 Å². The molecule has 0 aliphatic carbocycles. The third kappa shape index (κ3) is 2.48. The Bertz CT molecular complexity index is 473. The summed E-state index contributed by atoms with van der Waals surface area (Å²) in [4.78, 5) is 5.99. The maximum Gasteiger partial charge on any atom is 0.199 e. The van der Waals surface area contributed by atoms with Crippen LogP contribution in [-0.4, -0.2) is 63.5 Å². The van der Waals surface area contributed by atoms with Gasteiger partial charge in [0.05, 0.1) is 25.6 Å². The first-order chi connectivity index (χ1) is 8.36. The Kier molecular flexibility index (Phi) is 3.78. The van der Waals surface area contributed by atoms with E-state index >= 15 is 0 Å². The molecule has 0 amide bonds. The second-order valence-corrected chi connectivity index (χ2v) is 3.42. The zero-order chi connectivity index (χ0) is 12.1. The zero-order valence-electron chi connectivity index (χ0n) is 9.52. The van der Waals surface area contributed by atoms with Gasteiger partial charge in [-0.25, -0.2) is 0 Å². The lowest BCUT2D eigenvalue weighted by molar-refractivity contribution is 0.202. The fourth-order valence-corrected chi connectivity index (χ4v) is 1.54. The molecule has 0 saturated heterocycles. The highest BCUT2D eigenvalue weighted by molar-refractivity contribution is 5.45. The number of aliphatic hydroxyl groups is 1. The van der Waals surface area contributed by atoms with Crippen LogP contribution in [0.4, 0.5) is 5.82 Å². The van der Waals surface area contributed by atoms with Gasteiger partial charge >= 0.3 is 0 Å². The zero-order valence-corrected chi connectivity index (χ0v) is 9.52. The molecule has 92 valence electrons. The molecule has 2 rings (SSSR count). The fraction of sp³-hybridized carbons (Fsp3) is 0.556.